The average molecular weight is 363 g/mol. The molecule has 0 saturated heterocycles. The molecule has 0 aliphatic heterocycles. The summed E-state index contributed by atoms with van der Waals surface area (Å²) in [7, 11) is 0. The molecule has 0 saturated carbocycles. The molecule has 4 aromatic rings. The number of carbonyl (C=O) groups is 1. The van der Waals surface area contributed by atoms with Crippen molar-refractivity contribution in [3.05, 3.63) is 89.3 Å². The lowest BCUT2D eigenvalue weighted by Crippen LogP contribution is -2.25. The molecular weight excluding hydrogens is 345 g/mol. The van der Waals surface area contributed by atoms with E-state index in [1.165, 1.54) is 12.1 Å². The normalized spacial score (nSPS) is 11.0. The van der Waals surface area contributed by atoms with Crippen LogP contribution in [0.25, 0.3) is 11.1 Å². The quantitative estimate of drug-likeness (QED) is 0.582. The highest BCUT2D eigenvalue weighted by Gasteiger charge is 2.18. The first-order valence-electron chi connectivity index (χ1n) is 8.61. The number of fused-ring (bicyclic) bond motifs is 1. The molecule has 0 unspecified atom stereocenters. The van der Waals surface area contributed by atoms with Gasteiger partial charge in [0.05, 0.1) is 5.52 Å². The summed E-state index contributed by atoms with van der Waals surface area (Å²) in [6, 6.07) is 13.7. The van der Waals surface area contributed by atoms with E-state index in [2.05, 4.69) is 10.3 Å². The van der Waals surface area contributed by atoms with Gasteiger partial charge in [0.15, 0.2) is 5.58 Å². The van der Waals surface area contributed by atoms with Crippen LogP contribution < -0.4 is 5.32 Å². The predicted molar refractivity (Wildman–Crippen MR) is 99.9 cm³/mol. The highest BCUT2D eigenvalue weighted by Crippen LogP contribution is 2.25. The fourth-order valence-corrected chi connectivity index (χ4v) is 3.11. The average Bonchev–Trinajstić information content (AvgIpc) is 3.18. The Hall–Kier alpha value is -3.41. The number of aromatic nitrogens is 2. The Morgan fingerprint density at radius 3 is 2.74 bits per heavy atom. The van der Waals surface area contributed by atoms with Crippen LogP contribution in [-0.2, 0) is 13.1 Å². The van der Waals surface area contributed by atoms with Crippen LogP contribution in [0.1, 0.15) is 27.4 Å². The third-order valence-electron chi connectivity index (χ3n) is 4.38. The number of carbonyl (C=O) groups excluding carboxylic acids is 1. The van der Waals surface area contributed by atoms with Crippen LogP contribution in [0.3, 0.4) is 0 Å². The topological polar surface area (TPSA) is 60.1 Å². The van der Waals surface area contributed by atoms with Crippen molar-refractivity contribution in [1.29, 1.82) is 0 Å². The second kappa shape index (κ2) is 7.07. The summed E-state index contributed by atoms with van der Waals surface area (Å²) in [5.41, 5.74) is 3.65. The zero-order chi connectivity index (χ0) is 18.8. The van der Waals surface area contributed by atoms with Crippen LogP contribution in [0.2, 0.25) is 0 Å². The van der Waals surface area contributed by atoms with Gasteiger partial charge in [0.2, 0.25) is 0 Å². The Morgan fingerprint density at radius 1 is 1.15 bits per heavy atom. The Kier molecular flexibility index (Phi) is 4.46. The Balaban J connectivity index is 1.65. The van der Waals surface area contributed by atoms with Gasteiger partial charge in [-0.3, -0.25) is 9.78 Å². The number of nitrogens with zero attached hydrogens (tertiary/aromatic N) is 2. The van der Waals surface area contributed by atoms with E-state index in [-0.39, 0.29) is 11.7 Å². The Labute approximate surface area is 155 Å². The summed E-state index contributed by atoms with van der Waals surface area (Å²) in [5, 5.41) is 2.91. The second-order valence-electron chi connectivity index (χ2n) is 6.39. The third kappa shape index (κ3) is 3.60. The molecule has 4 rings (SSSR count). The number of benzene rings is 1. The maximum atomic E-state index is 13.6. The fraction of sp³-hybridized carbons (Fsp3) is 0.143. The number of pyridine rings is 1. The minimum absolute atomic E-state index is 0.215. The smallest absolute Gasteiger partial charge is 0.268 e. The Bertz CT molecular complexity index is 1100. The van der Waals surface area contributed by atoms with Crippen molar-refractivity contribution in [3.63, 3.8) is 0 Å². The molecule has 1 N–H and O–H groups in total. The molecule has 3 heterocycles. The molecule has 27 heavy (non-hydrogen) atoms. The van der Waals surface area contributed by atoms with Crippen LogP contribution in [0, 0.1) is 12.7 Å². The molecule has 0 atom stereocenters. The number of hydrogen-bond donors (Lipinski definition) is 1. The molecule has 136 valence electrons. The summed E-state index contributed by atoms with van der Waals surface area (Å²) >= 11 is 0. The van der Waals surface area contributed by atoms with Crippen molar-refractivity contribution in [2.45, 2.75) is 20.0 Å². The largest absolute Gasteiger partial charge is 0.460 e. The lowest BCUT2D eigenvalue weighted by Gasteiger charge is -2.11. The highest BCUT2D eigenvalue weighted by molar-refractivity contribution is 5.97. The van der Waals surface area contributed by atoms with E-state index in [1.807, 2.05) is 35.8 Å². The number of rotatable bonds is 5. The molecule has 1 amide bonds. The maximum absolute atomic E-state index is 13.6. The van der Waals surface area contributed by atoms with Gasteiger partial charge in [-0.25, -0.2) is 4.39 Å². The summed E-state index contributed by atoms with van der Waals surface area (Å²) in [6.45, 7) is 2.63. The van der Waals surface area contributed by atoms with Gasteiger partial charge >= 0.3 is 0 Å². The van der Waals surface area contributed by atoms with E-state index in [4.69, 9.17) is 4.42 Å². The predicted octanol–water partition coefficient (Wildman–Crippen LogP) is 4.06. The van der Waals surface area contributed by atoms with Gasteiger partial charge in [-0.05, 0) is 42.3 Å². The van der Waals surface area contributed by atoms with Crippen LogP contribution in [-0.4, -0.2) is 15.5 Å². The maximum Gasteiger partial charge on any atom is 0.268 e. The summed E-state index contributed by atoms with van der Waals surface area (Å²) < 4.78 is 21.1. The van der Waals surface area contributed by atoms with Gasteiger partial charge in [0, 0.05) is 37.6 Å². The van der Waals surface area contributed by atoms with Crippen molar-refractivity contribution in [1.82, 2.24) is 14.9 Å². The summed E-state index contributed by atoms with van der Waals surface area (Å²) in [4.78, 5) is 16.8. The van der Waals surface area contributed by atoms with E-state index in [9.17, 15) is 9.18 Å². The van der Waals surface area contributed by atoms with Gasteiger partial charge < -0.3 is 14.3 Å². The molecule has 6 heteroatoms. The number of amides is 1. The lowest BCUT2D eigenvalue weighted by molar-refractivity contribution is 0.0942. The first-order valence-corrected chi connectivity index (χ1v) is 8.61. The fourth-order valence-electron chi connectivity index (χ4n) is 3.11. The van der Waals surface area contributed by atoms with Gasteiger partial charge in [0.1, 0.15) is 17.3 Å². The second-order valence-corrected chi connectivity index (χ2v) is 6.39. The van der Waals surface area contributed by atoms with Gasteiger partial charge in [0.25, 0.3) is 5.91 Å². The molecule has 0 aliphatic carbocycles. The zero-order valence-electron chi connectivity index (χ0n) is 14.8. The Morgan fingerprint density at radius 2 is 1.96 bits per heavy atom. The van der Waals surface area contributed by atoms with Crippen molar-refractivity contribution >= 4 is 17.0 Å². The number of halogens is 1. The van der Waals surface area contributed by atoms with Gasteiger partial charge in [-0.1, -0.05) is 12.1 Å². The molecule has 0 fully saturated rings. The number of aryl methyl sites for hydroxylation is 1. The number of hydrogen-bond acceptors (Lipinski definition) is 3. The molecule has 0 radical (unpaired) electrons. The summed E-state index contributed by atoms with van der Waals surface area (Å²) in [6.07, 6.45) is 3.37. The van der Waals surface area contributed by atoms with E-state index in [1.54, 1.807) is 24.5 Å². The minimum atomic E-state index is -0.303. The van der Waals surface area contributed by atoms with Crippen LogP contribution in [0.4, 0.5) is 4.39 Å². The van der Waals surface area contributed by atoms with Crippen LogP contribution in [0.15, 0.2) is 65.3 Å². The molecule has 3 aromatic heterocycles. The molecule has 0 aliphatic rings. The SMILES string of the molecule is Cc1cc2c(cc(C(=O)NCc3ccncc3)n2Cc2cccc(F)c2)o1. The molecule has 0 spiro atoms. The molecule has 5 nitrogen and oxygen atoms in total. The lowest BCUT2D eigenvalue weighted by atomic mass is 10.2. The zero-order valence-corrected chi connectivity index (χ0v) is 14.8. The number of nitrogens with one attached hydrogen (secondary N) is 1. The molecule has 0 bridgehead atoms. The van der Waals surface area contributed by atoms with E-state index < -0.39 is 0 Å². The standard InChI is InChI=1S/C21H18FN3O2/c1-14-9-18-20(27-14)11-19(21(26)24-12-15-5-7-23-8-6-15)25(18)13-16-3-2-4-17(22)10-16/h2-11H,12-13H2,1H3,(H,24,26). The van der Waals surface area contributed by atoms with E-state index in [0.717, 1.165) is 22.4 Å². The summed E-state index contributed by atoms with van der Waals surface area (Å²) in [5.74, 6) is 0.243. The first-order chi connectivity index (χ1) is 13.1. The van der Waals surface area contributed by atoms with Crippen molar-refractivity contribution < 1.29 is 13.6 Å². The van der Waals surface area contributed by atoms with Crippen molar-refractivity contribution in [2.24, 2.45) is 0 Å². The van der Waals surface area contributed by atoms with Crippen LogP contribution >= 0.6 is 0 Å². The van der Waals surface area contributed by atoms with Crippen molar-refractivity contribution in [3.8, 4) is 0 Å². The minimum Gasteiger partial charge on any atom is -0.460 e. The highest BCUT2D eigenvalue weighted by atomic mass is 19.1. The monoisotopic (exact) mass is 363 g/mol. The van der Waals surface area contributed by atoms with Gasteiger partial charge in [-0.15, -0.1) is 0 Å². The van der Waals surface area contributed by atoms with Crippen LogP contribution in [0.5, 0.6) is 0 Å². The third-order valence-corrected chi connectivity index (χ3v) is 4.38. The van der Waals surface area contributed by atoms with Crippen molar-refractivity contribution in [2.75, 3.05) is 0 Å². The van der Waals surface area contributed by atoms with E-state index in [0.29, 0.717) is 24.4 Å². The number of furan rings is 1. The van der Waals surface area contributed by atoms with Gasteiger partial charge in [-0.2, -0.15) is 0 Å². The molecular formula is C21H18FN3O2. The first kappa shape index (κ1) is 17.0. The molecule has 1 aromatic carbocycles. The van der Waals surface area contributed by atoms with E-state index >= 15 is 0 Å².